The maximum atomic E-state index is 4.21. The summed E-state index contributed by atoms with van der Waals surface area (Å²) in [5.41, 5.74) is 2.66. The fourth-order valence-electron chi connectivity index (χ4n) is 1.62. The predicted molar refractivity (Wildman–Crippen MR) is 66.5 cm³/mol. The quantitative estimate of drug-likeness (QED) is 0.719. The van der Waals surface area contributed by atoms with Gasteiger partial charge in [-0.3, -0.25) is 0 Å². The van der Waals surface area contributed by atoms with Crippen molar-refractivity contribution in [3.63, 3.8) is 0 Å². The summed E-state index contributed by atoms with van der Waals surface area (Å²) >= 11 is 3.52. The molecule has 77 valence electrons. The molecule has 0 fully saturated rings. The molecule has 0 spiro atoms. The molecule has 1 atom stereocenters. The molecule has 0 aliphatic carbocycles. The van der Waals surface area contributed by atoms with Crippen molar-refractivity contribution in [2.45, 2.75) is 39.0 Å². The average Bonchev–Trinajstić information content (AvgIpc) is 2.12. The van der Waals surface area contributed by atoms with Crippen molar-refractivity contribution in [2.24, 2.45) is 0 Å². The van der Waals surface area contributed by atoms with E-state index in [1.807, 2.05) is 0 Å². The highest BCUT2D eigenvalue weighted by atomic mass is 79.9. The van der Waals surface area contributed by atoms with E-state index in [4.69, 9.17) is 0 Å². The summed E-state index contributed by atoms with van der Waals surface area (Å²) in [7, 11) is 0. The molecule has 0 N–H and O–H groups in total. The molecule has 0 saturated carbocycles. The number of unbranched alkanes of at least 4 members (excludes halogenated alkanes) is 1. The SMILES string of the molecule is [CH2]C(CCCC)c1cc(C)cc(Br)c1. The predicted octanol–water partition coefficient (Wildman–Crippen LogP) is 4.87. The summed E-state index contributed by atoms with van der Waals surface area (Å²) in [6, 6.07) is 6.55. The molecule has 0 amide bonds. The number of halogens is 1. The molecule has 0 aliphatic rings. The summed E-state index contributed by atoms with van der Waals surface area (Å²) < 4.78 is 1.16. The fraction of sp³-hybridized carbons (Fsp3) is 0.462. The minimum Gasteiger partial charge on any atom is -0.0654 e. The van der Waals surface area contributed by atoms with Gasteiger partial charge in [0.2, 0.25) is 0 Å². The second-order valence-electron chi connectivity index (χ2n) is 3.90. The third-order valence-corrected chi connectivity index (χ3v) is 2.90. The topological polar surface area (TPSA) is 0 Å². The molecule has 1 heteroatoms. The van der Waals surface area contributed by atoms with E-state index in [1.54, 1.807) is 0 Å². The minimum absolute atomic E-state index is 0.436. The van der Waals surface area contributed by atoms with Crippen molar-refractivity contribution in [1.29, 1.82) is 0 Å². The van der Waals surface area contributed by atoms with E-state index in [9.17, 15) is 0 Å². The summed E-state index contributed by atoms with van der Waals surface area (Å²) in [4.78, 5) is 0. The Morgan fingerprint density at radius 3 is 2.64 bits per heavy atom. The Balaban J connectivity index is 2.73. The van der Waals surface area contributed by atoms with Crippen LogP contribution < -0.4 is 0 Å². The van der Waals surface area contributed by atoms with Crippen molar-refractivity contribution in [3.8, 4) is 0 Å². The first-order valence-electron chi connectivity index (χ1n) is 5.23. The van der Waals surface area contributed by atoms with Crippen LogP contribution in [0.25, 0.3) is 0 Å². The summed E-state index contributed by atoms with van der Waals surface area (Å²) in [6.45, 7) is 8.55. The number of hydrogen-bond acceptors (Lipinski definition) is 0. The first kappa shape index (κ1) is 11.8. The van der Waals surface area contributed by atoms with Crippen LogP contribution >= 0.6 is 15.9 Å². The van der Waals surface area contributed by atoms with Crippen LogP contribution in [-0.4, -0.2) is 0 Å². The largest absolute Gasteiger partial charge is 0.0654 e. The first-order chi connectivity index (χ1) is 6.63. The molecular formula is C13H18Br. The molecule has 1 radical (unpaired) electrons. The van der Waals surface area contributed by atoms with Gasteiger partial charge in [-0.2, -0.15) is 0 Å². The van der Waals surface area contributed by atoms with E-state index in [0.29, 0.717) is 5.92 Å². The first-order valence-corrected chi connectivity index (χ1v) is 6.03. The van der Waals surface area contributed by atoms with Gasteiger partial charge in [0.05, 0.1) is 0 Å². The zero-order chi connectivity index (χ0) is 10.6. The van der Waals surface area contributed by atoms with E-state index in [1.165, 1.54) is 30.4 Å². The molecule has 0 bridgehead atoms. The van der Waals surface area contributed by atoms with Gasteiger partial charge < -0.3 is 0 Å². The fourth-order valence-corrected chi connectivity index (χ4v) is 2.24. The van der Waals surface area contributed by atoms with Crippen LogP contribution in [0.4, 0.5) is 0 Å². The molecule has 0 nitrogen and oxygen atoms in total. The molecule has 1 rings (SSSR count). The molecule has 1 aromatic carbocycles. The summed E-state index contributed by atoms with van der Waals surface area (Å²) in [6.07, 6.45) is 3.70. The van der Waals surface area contributed by atoms with E-state index in [2.05, 4.69) is 54.9 Å². The highest BCUT2D eigenvalue weighted by Gasteiger charge is 2.06. The monoisotopic (exact) mass is 253 g/mol. The molecule has 0 heterocycles. The van der Waals surface area contributed by atoms with Gasteiger partial charge in [0.15, 0.2) is 0 Å². The molecule has 0 aliphatic heterocycles. The minimum atomic E-state index is 0.436. The van der Waals surface area contributed by atoms with Gasteiger partial charge >= 0.3 is 0 Å². The molecule has 1 aromatic rings. The number of aryl methyl sites for hydroxylation is 1. The Labute approximate surface area is 95.9 Å². The lowest BCUT2D eigenvalue weighted by molar-refractivity contribution is 0.661. The van der Waals surface area contributed by atoms with Gasteiger partial charge in [-0.15, -0.1) is 0 Å². The van der Waals surface area contributed by atoms with E-state index in [0.717, 1.165) is 4.47 Å². The standard InChI is InChI=1S/C13H18Br/c1-4-5-6-11(3)12-7-10(2)8-13(14)9-12/h7-9,11H,3-6H2,1-2H3. The lowest BCUT2D eigenvalue weighted by Crippen LogP contribution is -1.94. The Morgan fingerprint density at radius 1 is 1.36 bits per heavy atom. The van der Waals surface area contributed by atoms with Crippen LogP contribution in [0.3, 0.4) is 0 Å². The third-order valence-electron chi connectivity index (χ3n) is 2.44. The van der Waals surface area contributed by atoms with E-state index < -0.39 is 0 Å². The van der Waals surface area contributed by atoms with Crippen molar-refractivity contribution in [1.82, 2.24) is 0 Å². The maximum Gasteiger partial charge on any atom is 0.0180 e. The lowest BCUT2D eigenvalue weighted by Gasteiger charge is -2.12. The Hall–Kier alpha value is -0.300. The van der Waals surface area contributed by atoms with Gasteiger partial charge in [0.1, 0.15) is 0 Å². The van der Waals surface area contributed by atoms with Crippen LogP contribution in [0.15, 0.2) is 22.7 Å². The summed E-state index contributed by atoms with van der Waals surface area (Å²) in [5, 5.41) is 0. The lowest BCUT2D eigenvalue weighted by atomic mass is 9.94. The Morgan fingerprint density at radius 2 is 2.07 bits per heavy atom. The second kappa shape index (κ2) is 5.55. The van der Waals surface area contributed by atoms with Crippen molar-refractivity contribution >= 4 is 15.9 Å². The van der Waals surface area contributed by atoms with Crippen LogP contribution in [-0.2, 0) is 0 Å². The number of hydrogen-bond donors (Lipinski definition) is 0. The van der Waals surface area contributed by atoms with E-state index in [-0.39, 0.29) is 0 Å². The van der Waals surface area contributed by atoms with Crippen molar-refractivity contribution in [3.05, 3.63) is 40.7 Å². The molecule has 14 heavy (non-hydrogen) atoms. The van der Waals surface area contributed by atoms with Crippen LogP contribution in [0.5, 0.6) is 0 Å². The molecule has 0 saturated heterocycles. The normalized spacial score (nSPS) is 12.9. The molecule has 0 aromatic heterocycles. The second-order valence-corrected chi connectivity index (χ2v) is 4.82. The smallest absolute Gasteiger partial charge is 0.0180 e. The number of rotatable bonds is 4. The molecule has 1 unspecified atom stereocenters. The summed E-state index contributed by atoms with van der Waals surface area (Å²) in [5.74, 6) is 0.436. The van der Waals surface area contributed by atoms with Crippen LogP contribution in [0.2, 0.25) is 0 Å². The highest BCUT2D eigenvalue weighted by Crippen LogP contribution is 2.25. The van der Waals surface area contributed by atoms with Gasteiger partial charge in [-0.25, -0.2) is 0 Å². The number of benzene rings is 1. The Kier molecular flexibility index (Phi) is 4.67. The average molecular weight is 254 g/mol. The third kappa shape index (κ3) is 3.45. The van der Waals surface area contributed by atoms with Gasteiger partial charge in [0, 0.05) is 4.47 Å². The van der Waals surface area contributed by atoms with E-state index >= 15 is 0 Å². The maximum absolute atomic E-state index is 4.21. The van der Waals surface area contributed by atoms with Gasteiger partial charge in [-0.1, -0.05) is 41.8 Å². The molecular weight excluding hydrogens is 236 g/mol. The van der Waals surface area contributed by atoms with Crippen LogP contribution in [0, 0.1) is 13.8 Å². The van der Waals surface area contributed by atoms with Crippen LogP contribution in [0.1, 0.15) is 43.2 Å². The highest BCUT2D eigenvalue weighted by molar-refractivity contribution is 9.10. The van der Waals surface area contributed by atoms with Gasteiger partial charge in [-0.05, 0) is 49.4 Å². The van der Waals surface area contributed by atoms with Gasteiger partial charge in [0.25, 0.3) is 0 Å². The zero-order valence-electron chi connectivity index (χ0n) is 9.02. The van der Waals surface area contributed by atoms with Crippen molar-refractivity contribution < 1.29 is 0 Å². The Bertz CT molecular complexity index is 271. The zero-order valence-corrected chi connectivity index (χ0v) is 10.6. The van der Waals surface area contributed by atoms with Crippen molar-refractivity contribution in [2.75, 3.05) is 0 Å².